The van der Waals surface area contributed by atoms with Gasteiger partial charge in [0.25, 0.3) is 0 Å². The minimum absolute atomic E-state index is 0.0584. The van der Waals surface area contributed by atoms with Crippen LogP contribution >= 0.6 is 0 Å². The summed E-state index contributed by atoms with van der Waals surface area (Å²) in [7, 11) is 0. The van der Waals surface area contributed by atoms with Gasteiger partial charge in [-0.25, -0.2) is 4.39 Å². The molecule has 1 aliphatic carbocycles. The van der Waals surface area contributed by atoms with Crippen LogP contribution in [0.5, 0.6) is 0 Å². The fourth-order valence-electron chi connectivity index (χ4n) is 3.03. The van der Waals surface area contributed by atoms with E-state index in [2.05, 4.69) is 18.8 Å². The third-order valence-electron chi connectivity index (χ3n) is 4.62. The van der Waals surface area contributed by atoms with Crippen LogP contribution < -0.4 is 5.32 Å². The Labute approximate surface area is 135 Å². The molecule has 0 bridgehead atoms. The zero-order chi connectivity index (χ0) is 16.4. The maximum atomic E-state index is 13.3. The number of aliphatic hydroxyl groups excluding tert-OH is 1. The molecule has 1 fully saturated rings. The van der Waals surface area contributed by atoms with Crippen LogP contribution in [0.3, 0.4) is 0 Å². The van der Waals surface area contributed by atoms with Crippen molar-refractivity contribution in [3.63, 3.8) is 0 Å². The van der Waals surface area contributed by atoms with E-state index in [9.17, 15) is 9.50 Å². The smallest absolute Gasteiger partial charge is 0.119 e. The number of nitrogens with one attached hydrogen (secondary N) is 1. The fourth-order valence-corrected chi connectivity index (χ4v) is 3.03. The van der Waals surface area contributed by atoms with Gasteiger partial charge in [-0.3, -0.25) is 0 Å². The molecule has 1 unspecified atom stereocenters. The van der Waals surface area contributed by atoms with E-state index in [1.807, 2.05) is 0 Å². The highest BCUT2D eigenvalue weighted by Gasteiger charge is 2.18. The molecule has 0 spiro atoms. The summed E-state index contributed by atoms with van der Waals surface area (Å²) in [4.78, 5) is 0. The Morgan fingerprint density at radius 2 is 2.05 bits per heavy atom. The van der Waals surface area contributed by atoms with Gasteiger partial charge in [-0.1, -0.05) is 25.7 Å². The van der Waals surface area contributed by atoms with Gasteiger partial charge < -0.3 is 10.4 Å². The summed E-state index contributed by atoms with van der Waals surface area (Å²) in [5, 5.41) is 13.0. The summed E-state index contributed by atoms with van der Waals surface area (Å²) in [6, 6.07) is 0. The summed E-state index contributed by atoms with van der Waals surface area (Å²) in [5.74, 6) is 0.837. The molecule has 0 radical (unpaired) electrons. The van der Waals surface area contributed by atoms with E-state index >= 15 is 0 Å². The van der Waals surface area contributed by atoms with Crippen LogP contribution in [-0.4, -0.2) is 24.3 Å². The summed E-state index contributed by atoms with van der Waals surface area (Å²) < 4.78 is 13.3. The normalized spacial score (nSPS) is 25.1. The molecule has 1 saturated carbocycles. The van der Waals surface area contributed by atoms with Crippen LogP contribution in [0.1, 0.15) is 52.4 Å². The molecule has 1 aliphatic rings. The van der Waals surface area contributed by atoms with Crippen molar-refractivity contribution in [3.05, 3.63) is 36.2 Å². The molecule has 0 aromatic rings. The lowest BCUT2D eigenvalue weighted by Crippen LogP contribution is -2.24. The van der Waals surface area contributed by atoms with Crippen LogP contribution in [0.2, 0.25) is 0 Å². The quantitative estimate of drug-likeness (QED) is 0.484. The van der Waals surface area contributed by atoms with Gasteiger partial charge in [-0.05, 0) is 75.5 Å². The number of hydrogen-bond donors (Lipinski definition) is 2. The second-order valence-corrected chi connectivity index (χ2v) is 6.44. The van der Waals surface area contributed by atoms with E-state index in [-0.39, 0.29) is 17.8 Å². The van der Waals surface area contributed by atoms with E-state index < -0.39 is 0 Å². The Morgan fingerprint density at radius 3 is 2.64 bits per heavy atom. The Kier molecular flexibility index (Phi) is 9.33. The van der Waals surface area contributed by atoms with Gasteiger partial charge in [0.1, 0.15) is 5.83 Å². The molecule has 3 heteroatoms. The fraction of sp³-hybridized carbons (Fsp3) is 0.684. The summed E-state index contributed by atoms with van der Waals surface area (Å²) in [5.41, 5.74) is 0.935. The first-order chi connectivity index (χ1) is 10.6. The van der Waals surface area contributed by atoms with Crippen molar-refractivity contribution < 1.29 is 9.50 Å². The van der Waals surface area contributed by atoms with Gasteiger partial charge in [0.15, 0.2) is 0 Å². The highest BCUT2D eigenvalue weighted by Crippen LogP contribution is 2.27. The van der Waals surface area contributed by atoms with Crippen LogP contribution in [0, 0.1) is 11.8 Å². The molecule has 2 nitrogen and oxygen atoms in total. The Hall–Kier alpha value is -0.930. The number of halogens is 1. The minimum atomic E-state index is -0.207. The molecule has 0 aliphatic heterocycles. The lowest BCUT2D eigenvalue weighted by molar-refractivity contribution is 0.106. The molecular formula is C19H32FNO. The summed E-state index contributed by atoms with van der Waals surface area (Å²) in [6.07, 6.45) is 11.4. The monoisotopic (exact) mass is 309 g/mol. The van der Waals surface area contributed by atoms with Crippen molar-refractivity contribution in [3.8, 4) is 0 Å². The summed E-state index contributed by atoms with van der Waals surface area (Å²) >= 11 is 0. The predicted octanol–water partition coefficient (Wildman–Crippen LogP) is 4.53. The van der Waals surface area contributed by atoms with E-state index in [1.165, 1.54) is 31.8 Å². The van der Waals surface area contributed by atoms with Crippen molar-refractivity contribution in [1.29, 1.82) is 0 Å². The Bertz CT molecular complexity index is 381. The number of hydrogen-bond acceptors (Lipinski definition) is 2. The first-order valence-electron chi connectivity index (χ1n) is 8.61. The lowest BCUT2D eigenvalue weighted by Gasteiger charge is -2.25. The summed E-state index contributed by atoms with van der Waals surface area (Å²) in [6.45, 7) is 9.40. The molecule has 0 amide bonds. The number of allylic oxidation sites excluding steroid dienone is 4. The average molecular weight is 309 g/mol. The van der Waals surface area contributed by atoms with Gasteiger partial charge >= 0.3 is 0 Å². The van der Waals surface area contributed by atoms with E-state index in [1.54, 1.807) is 19.1 Å². The molecule has 0 heterocycles. The maximum absolute atomic E-state index is 13.3. The minimum Gasteiger partial charge on any atom is -0.393 e. The Morgan fingerprint density at radius 1 is 1.36 bits per heavy atom. The van der Waals surface area contributed by atoms with Gasteiger partial charge in [-0.15, -0.1) is 0 Å². The second kappa shape index (κ2) is 10.7. The van der Waals surface area contributed by atoms with E-state index in [0.29, 0.717) is 0 Å². The van der Waals surface area contributed by atoms with Crippen LogP contribution in [-0.2, 0) is 0 Å². The molecule has 1 atom stereocenters. The molecule has 0 aromatic carbocycles. The molecule has 2 N–H and O–H groups in total. The third-order valence-corrected chi connectivity index (χ3v) is 4.62. The van der Waals surface area contributed by atoms with Crippen molar-refractivity contribution in [2.45, 2.75) is 58.5 Å². The van der Waals surface area contributed by atoms with Crippen molar-refractivity contribution in [2.24, 2.45) is 11.8 Å². The standard InChI is InChI=1S/C19H32FNO/c1-4-17(13-18(20)5-2)15(3)14-21-12-6-7-16-8-10-19(22)11-9-16/h4-5,13,15-16,19,21-22H,1,6-12,14H2,2-3H3/b17-13+,18-5+. The van der Waals surface area contributed by atoms with Crippen molar-refractivity contribution >= 4 is 0 Å². The molecule has 22 heavy (non-hydrogen) atoms. The van der Waals surface area contributed by atoms with Gasteiger partial charge in [0.2, 0.25) is 0 Å². The van der Waals surface area contributed by atoms with Crippen LogP contribution in [0.4, 0.5) is 4.39 Å². The predicted molar refractivity (Wildman–Crippen MR) is 92.4 cm³/mol. The van der Waals surface area contributed by atoms with Crippen LogP contribution in [0.15, 0.2) is 36.2 Å². The first kappa shape index (κ1) is 19.1. The first-order valence-corrected chi connectivity index (χ1v) is 8.61. The SMILES string of the molecule is C=C/C(=C\C(F)=C/C)C(C)CNCCCC1CCC(O)CC1. The zero-order valence-corrected chi connectivity index (χ0v) is 14.2. The molecule has 126 valence electrons. The molecular weight excluding hydrogens is 277 g/mol. The van der Waals surface area contributed by atoms with Gasteiger partial charge in [0.05, 0.1) is 6.10 Å². The van der Waals surface area contributed by atoms with E-state index in [4.69, 9.17) is 0 Å². The number of aliphatic hydroxyl groups is 1. The highest BCUT2D eigenvalue weighted by molar-refractivity contribution is 5.27. The topological polar surface area (TPSA) is 32.3 Å². The maximum Gasteiger partial charge on any atom is 0.119 e. The zero-order valence-electron chi connectivity index (χ0n) is 14.2. The van der Waals surface area contributed by atoms with Gasteiger partial charge in [0, 0.05) is 6.54 Å². The third kappa shape index (κ3) is 7.37. The molecule has 0 aromatic heterocycles. The lowest BCUT2D eigenvalue weighted by atomic mass is 9.84. The van der Waals surface area contributed by atoms with E-state index in [0.717, 1.165) is 37.4 Å². The number of rotatable bonds is 9. The van der Waals surface area contributed by atoms with Crippen molar-refractivity contribution in [2.75, 3.05) is 13.1 Å². The largest absolute Gasteiger partial charge is 0.393 e. The van der Waals surface area contributed by atoms with Crippen molar-refractivity contribution in [1.82, 2.24) is 5.32 Å². The molecule has 0 saturated heterocycles. The van der Waals surface area contributed by atoms with Gasteiger partial charge in [-0.2, -0.15) is 0 Å². The highest BCUT2D eigenvalue weighted by atomic mass is 19.1. The Balaban J connectivity index is 2.18. The van der Waals surface area contributed by atoms with Crippen LogP contribution in [0.25, 0.3) is 0 Å². The molecule has 1 rings (SSSR count). The second-order valence-electron chi connectivity index (χ2n) is 6.44. The average Bonchev–Trinajstić information content (AvgIpc) is 2.53.